The van der Waals surface area contributed by atoms with Crippen molar-refractivity contribution < 1.29 is 18.8 Å². The van der Waals surface area contributed by atoms with E-state index in [1.54, 1.807) is 24.3 Å². The second-order valence-electron chi connectivity index (χ2n) is 4.47. The van der Waals surface area contributed by atoms with Gasteiger partial charge in [-0.05, 0) is 12.1 Å². The highest BCUT2D eigenvalue weighted by molar-refractivity contribution is 6.30. The smallest absolute Gasteiger partial charge is 0.406 e. The number of nitrogens with zero attached hydrogens (tertiary/aromatic N) is 2. The van der Waals surface area contributed by atoms with Gasteiger partial charge in [-0.25, -0.2) is 4.79 Å². The number of methoxy groups -OCH3 is 1. The van der Waals surface area contributed by atoms with Crippen LogP contribution in [0.4, 0.5) is 4.79 Å². The fraction of sp³-hybridized carbons (Fsp3) is 0.286. The number of nitrogens with one attached hydrogen (secondary N) is 2. The van der Waals surface area contributed by atoms with E-state index in [2.05, 4.69) is 25.5 Å². The van der Waals surface area contributed by atoms with Crippen LogP contribution < -0.4 is 10.6 Å². The molecule has 0 spiro atoms. The number of carbonyl (C=O) groups is 2. The Morgan fingerprint density at radius 2 is 2.17 bits per heavy atom. The van der Waals surface area contributed by atoms with Crippen LogP contribution in [0.25, 0.3) is 11.4 Å². The minimum Gasteiger partial charge on any atom is -0.453 e. The summed E-state index contributed by atoms with van der Waals surface area (Å²) in [6.07, 6.45) is -0.467. The van der Waals surface area contributed by atoms with E-state index in [1.807, 2.05) is 0 Å². The molecule has 0 radical (unpaired) electrons. The van der Waals surface area contributed by atoms with Crippen LogP contribution in [0.1, 0.15) is 12.3 Å². The fourth-order valence-electron chi connectivity index (χ4n) is 1.68. The minimum atomic E-state index is -0.583. The van der Waals surface area contributed by atoms with E-state index in [4.69, 9.17) is 16.1 Å². The van der Waals surface area contributed by atoms with Crippen LogP contribution in [0.3, 0.4) is 0 Å². The van der Waals surface area contributed by atoms with Crippen molar-refractivity contribution in [2.45, 2.75) is 13.0 Å². The largest absolute Gasteiger partial charge is 0.453 e. The van der Waals surface area contributed by atoms with E-state index in [9.17, 15) is 9.59 Å². The maximum Gasteiger partial charge on any atom is 0.406 e. The molecule has 1 heterocycles. The SMILES string of the molecule is COC(=O)NCCC(=O)NCc1nc(-c2cccc(Cl)c2)no1. The van der Waals surface area contributed by atoms with Crippen molar-refractivity contribution in [2.75, 3.05) is 13.7 Å². The third-order valence-electron chi connectivity index (χ3n) is 2.79. The molecule has 0 unspecified atom stereocenters. The lowest BCUT2D eigenvalue weighted by Crippen LogP contribution is -2.30. The van der Waals surface area contributed by atoms with Gasteiger partial charge in [0.25, 0.3) is 0 Å². The van der Waals surface area contributed by atoms with Crippen molar-refractivity contribution in [2.24, 2.45) is 0 Å². The molecule has 1 aromatic heterocycles. The van der Waals surface area contributed by atoms with Gasteiger partial charge in [0.05, 0.1) is 13.7 Å². The molecule has 8 nitrogen and oxygen atoms in total. The van der Waals surface area contributed by atoms with Crippen LogP contribution in [-0.2, 0) is 16.1 Å². The first-order valence-electron chi connectivity index (χ1n) is 6.75. The molecule has 23 heavy (non-hydrogen) atoms. The molecule has 2 rings (SSSR count). The zero-order chi connectivity index (χ0) is 16.7. The monoisotopic (exact) mass is 338 g/mol. The zero-order valence-electron chi connectivity index (χ0n) is 12.3. The summed E-state index contributed by atoms with van der Waals surface area (Å²) in [7, 11) is 1.25. The summed E-state index contributed by atoms with van der Waals surface area (Å²) in [4.78, 5) is 26.6. The van der Waals surface area contributed by atoms with Gasteiger partial charge in [-0.3, -0.25) is 4.79 Å². The highest BCUT2D eigenvalue weighted by Crippen LogP contribution is 2.19. The number of amides is 2. The Kier molecular flexibility index (Phi) is 5.93. The molecule has 0 aliphatic heterocycles. The number of hydrogen-bond donors (Lipinski definition) is 2. The van der Waals surface area contributed by atoms with E-state index in [0.717, 1.165) is 5.56 Å². The molecule has 0 aliphatic rings. The van der Waals surface area contributed by atoms with Gasteiger partial charge in [0.2, 0.25) is 17.6 Å². The van der Waals surface area contributed by atoms with Crippen LogP contribution in [0.2, 0.25) is 5.02 Å². The lowest BCUT2D eigenvalue weighted by Gasteiger charge is -2.03. The lowest BCUT2D eigenvalue weighted by molar-refractivity contribution is -0.121. The van der Waals surface area contributed by atoms with E-state index in [0.29, 0.717) is 10.8 Å². The molecule has 0 fully saturated rings. The average molecular weight is 339 g/mol. The second kappa shape index (κ2) is 8.14. The van der Waals surface area contributed by atoms with Gasteiger partial charge in [-0.2, -0.15) is 4.98 Å². The first kappa shape index (κ1) is 16.8. The fourth-order valence-corrected chi connectivity index (χ4v) is 1.87. The molecule has 2 aromatic rings. The van der Waals surface area contributed by atoms with Crippen LogP contribution in [-0.4, -0.2) is 35.8 Å². The van der Waals surface area contributed by atoms with Crippen molar-refractivity contribution in [3.8, 4) is 11.4 Å². The number of ether oxygens (including phenoxy) is 1. The Balaban J connectivity index is 1.81. The topological polar surface area (TPSA) is 106 Å². The molecular weight excluding hydrogens is 324 g/mol. The van der Waals surface area contributed by atoms with Crippen LogP contribution in [0.5, 0.6) is 0 Å². The predicted molar refractivity (Wildman–Crippen MR) is 81.6 cm³/mol. The van der Waals surface area contributed by atoms with Crippen molar-refractivity contribution in [1.29, 1.82) is 0 Å². The molecule has 1 aromatic carbocycles. The summed E-state index contributed by atoms with van der Waals surface area (Å²) in [5, 5.41) is 9.42. The number of hydrogen-bond acceptors (Lipinski definition) is 6. The molecule has 9 heteroatoms. The van der Waals surface area contributed by atoms with Gasteiger partial charge < -0.3 is 19.9 Å². The van der Waals surface area contributed by atoms with E-state index in [1.165, 1.54) is 7.11 Å². The van der Waals surface area contributed by atoms with Gasteiger partial charge in [-0.1, -0.05) is 28.9 Å². The lowest BCUT2D eigenvalue weighted by atomic mass is 10.2. The molecule has 2 N–H and O–H groups in total. The van der Waals surface area contributed by atoms with Crippen molar-refractivity contribution in [3.63, 3.8) is 0 Å². The van der Waals surface area contributed by atoms with Crippen LogP contribution in [0.15, 0.2) is 28.8 Å². The summed E-state index contributed by atoms with van der Waals surface area (Å²) in [5.41, 5.74) is 0.723. The summed E-state index contributed by atoms with van der Waals surface area (Å²) in [6.45, 7) is 0.278. The number of rotatable bonds is 6. The zero-order valence-corrected chi connectivity index (χ0v) is 13.1. The maximum atomic E-state index is 11.6. The quantitative estimate of drug-likeness (QED) is 0.831. The maximum absolute atomic E-state index is 11.6. The normalized spacial score (nSPS) is 10.2. The molecular formula is C14H15ClN4O4. The minimum absolute atomic E-state index is 0.102. The third kappa shape index (κ3) is 5.26. The van der Waals surface area contributed by atoms with Gasteiger partial charge in [0.1, 0.15) is 0 Å². The Hall–Kier alpha value is -2.61. The standard InChI is InChI=1S/C14H15ClN4O4/c1-22-14(21)16-6-5-11(20)17-8-12-18-13(19-23-12)9-3-2-4-10(15)7-9/h2-4,7H,5-6,8H2,1H3,(H,16,21)(H,17,20). The first-order valence-corrected chi connectivity index (χ1v) is 7.13. The first-order chi connectivity index (χ1) is 11.1. The molecule has 122 valence electrons. The van der Waals surface area contributed by atoms with Gasteiger partial charge in [0.15, 0.2) is 0 Å². The number of halogens is 1. The molecule has 0 atom stereocenters. The molecule has 0 saturated heterocycles. The van der Waals surface area contributed by atoms with Crippen molar-refractivity contribution >= 4 is 23.6 Å². The third-order valence-corrected chi connectivity index (χ3v) is 3.03. The molecule has 2 amide bonds. The Labute approximate surface area is 137 Å². The summed E-state index contributed by atoms with van der Waals surface area (Å²) < 4.78 is 9.45. The average Bonchev–Trinajstić information content (AvgIpc) is 3.02. The number of benzene rings is 1. The molecule has 0 saturated carbocycles. The number of aromatic nitrogens is 2. The number of carbonyl (C=O) groups excluding carboxylic acids is 2. The summed E-state index contributed by atoms with van der Waals surface area (Å²) in [6, 6.07) is 7.04. The van der Waals surface area contributed by atoms with Crippen LogP contribution >= 0.6 is 11.6 Å². The molecule has 0 aliphatic carbocycles. The van der Waals surface area contributed by atoms with E-state index >= 15 is 0 Å². The Morgan fingerprint density at radius 3 is 2.91 bits per heavy atom. The highest BCUT2D eigenvalue weighted by atomic mass is 35.5. The summed E-state index contributed by atoms with van der Waals surface area (Å²) in [5.74, 6) is 0.405. The Morgan fingerprint density at radius 1 is 1.35 bits per heavy atom. The number of alkyl carbamates (subject to hydrolysis) is 1. The van der Waals surface area contributed by atoms with Crippen LogP contribution in [0, 0.1) is 0 Å². The van der Waals surface area contributed by atoms with Crippen molar-refractivity contribution in [1.82, 2.24) is 20.8 Å². The second-order valence-corrected chi connectivity index (χ2v) is 4.90. The highest BCUT2D eigenvalue weighted by Gasteiger charge is 2.10. The molecule has 0 bridgehead atoms. The van der Waals surface area contributed by atoms with Gasteiger partial charge >= 0.3 is 6.09 Å². The van der Waals surface area contributed by atoms with E-state index < -0.39 is 6.09 Å². The van der Waals surface area contributed by atoms with Gasteiger partial charge in [0, 0.05) is 23.6 Å². The summed E-state index contributed by atoms with van der Waals surface area (Å²) >= 11 is 5.90. The van der Waals surface area contributed by atoms with Crippen molar-refractivity contribution in [3.05, 3.63) is 35.2 Å². The van der Waals surface area contributed by atoms with Gasteiger partial charge in [-0.15, -0.1) is 0 Å². The predicted octanol–water partition coefficient (Wildman–Crippen LogP) is 1.75. The Bertz CT molecular complexity index is 689. The van der Waals surface area contributed by atoms with E-state index in [-0.39, 0.29) is 31.3 Å².